The molecule has 1 aromatic carbocycles. The monoisotopic (exact) mass is 295 g/mol. The van der Waals surface area contributed by atoms with Gasteiger partial charge in [-0.15, -0.1) is 0 Å². The van der Waals surface area contributed by atoms with Gasteiger partial charge < -0.3 is 10.7 Å². The number of nitrogen functional groups attached to an aromatic ring is 1. The minimum Gasteiger partial charge on any atom is -0.339 e. The molecular formula is C13H15ClFN5. The van der Waals surface area contributed by atoms with E-state index in [2.05, 4.69) is 20.7 Å². The Labute approximate surface area is 121 Å². The van der Waals surface area contributed by atoms with E-state index >= 15 is 0 Å². The summed E-state index contributed by atoms with van der Waals surface area (Å²) in [4.78, 5) is 8.59. The third kappa shape index (κ3) is 3.34. The smallest absolute Gasteiger partial charge is 0.145 e. The van der Waals surface area contributed by atoms with Crippen LogP contribution in [0.2, 0.25) is 5.02 Å². The molecule has 0 spiro atoms. The molecule has 2 rings (SSSR count). The van der Waals surface area contributed by atoms with E-state index < -0.39 is 0 Å². The predicted octanol–water partition coefficient (Wildman–Crippen LogP) is 3.42. The van der Waals surface area contributed by atoms with Crippen LogP contribution in [-0.2, 0) is 0 Å². The number of hydrogen-bond donors (Lipinski definition) is 3. The van der Waals surface area contributed by atoms with E-state index in [0.29, 0.717) is 28.2 Å². The molecular weight excluding hydrogens is 281 g/mol. The van der Waals surface area contributed by atoms with Crippen LogP contribution in [-0.4, -0.2) is 9.97 Å². The second kappa shape index (κ2) is 6.02. The second-order valence-electron chi connectivity index (χ2n) is 4.54. The molecule has 0 saturated heterocycles. The van der Waals surface area contributed by atoms with Crippen LogP contribution in [0.4, 0.5) is 21.7 Å². The second-order valence-corrected chi connectivity index (χ2v) is 4.95. The van der Waals surface area contributed by atoms with Gasteiger partial charge in [0, 0.05) is 12.0 Å². The summed E-state index contributed by atoms with van der Waals surface area (Å²) in [7, 11) is 0. The van der Waals surface area contributed by atoms with Crippen LogP contribution in [0.25, 0.3) is 0 Å². The number of nitrogens with one attached hydrogen (secondary N) is 2. The van der Waals surface area contributed by atoms with Crippen molar-refractivity contribution in [3.05, 3.63) is 40.9 Å². The van der Waals surface area contributed by atoms with Crippen LogP contribution < -0.4 is 16.6 Å². The van der Waals surface area contributed by atoms with Gasteiger partial charge in [0.1, 0.15) is 23.3 Å². The SMILES string of the molecule is CC(C)c1nc(NN)cc(Nc2cc(F)ccc2Cl)n1. The van der Waals surface area contributed by atoms with Crippen LogP contribution in [0.5, 0.6) is 0 Å². The van der Waals surface area contributed by atoms with Gasteiger partial charge in [-0.2, -0.15) is 0 Å². The zero-order chi connectivity index (χ0) is 14.7. The zero-order valence-electron chi connectivity index (χ0n) is 11.1. The maximum Gasteiger partial charge on any atom is 0.145 e. The summed E-state index contributed by atoms with van der Waals surface area (Å²) in [6, 6.07) is 5.69. The molecule has 0 aliphatic heterocycles. The summed E-state index contributed by atoms with van der Waals surface area (Å²) >= 11 is 6.01. The van der Waals surface area contributed by atoms with Crippen LogP contribution in [0.3, 0.4) is 0 Å². The molecule has 1 heterocycles. The van der Waals surface area contributed by atoms with Crippen LogP contribution in [0.15, 0.2) is 24.3 Å². The van der Waals surface area contributed by atoms with E-state index in [0.717, 1.165) is 0 Å². The number of rotatable bonds is 4. The Balaban J connectivity index is 2.37. The Morgan fingerprint density at radius 3 is 2.55 bits per heavy atom. The summed E-state index contributed by atoms with van der Waals surface area (Å²) < 4.78 is 13.2. The lowest BCUT2D eigenvalue weighted by Gasteiger charge is -2.12. The first kappa shape index (κ1) is 14.5. The Morgan fingerprint density at radius 2 is 1.90 bits per heavy atom. The van der Waals surface area contributed by atoms with E-state index in [9.17, 15) is 4.39 Å². The number of anilines is 3. The van der Waals surface area contributed by atoms with Gasteiger partial charge in [-0.05, 0) is 18.2 Å². The van der Waals surface area contributed by atoms with Crippen molar-refractivity contribution in [3.63, 3.8) is 0 Å². The number of halogens is 2. The molecule has 1 aromatic heterocycles. The van der Waals surface area contributed by atoms with E-state index in [1.54, 1.807) is 6.07 Å². The minimum atomic E-state index is -0.382. The largest absolute Gasteiger partial charge is 0.339 e. The Morgan fingerprint density at radius 1 is 1.20 bits per heavy atom. The summed E-state index contributed by atoms with van der Waals surface area (Å²) in [5.74, 6) is 6.71. The van der Waals surface area contributed by atoms with Crippen molar-refractivity contribution >= 4 is 28.9 Å². The van der Waals surface area contributed by atoms with Crippen LogP contribution in [0, 0.1) is 5.82 Å². The molecule has 0 amide bonds. The predicted molar refractivity (Wildman–Crippen MR) is 78.6 cm³/mol. The fourth-order valence-electron chi connectivity index (χ4n) is 1.59. The third-order valence-corrected chi connectivity index (χ3v) is 2.93. The fraction of sp³-hybridized carbons (Fsp3) is 0.231. The molecule has 0 atom stereocenters. The Kier molecular flexibility index (Phi) is 4.36. The number of nitrogens with two attached hydrogens (primary N) is 1. The van der Waals surface area contributed by atoms with E-state index in [1.165, 1.54) is 18.2 Å². The molecule has 20 heavy (non-hydrogen) atoms. The Bertz CT molecular complexity index is 618. The quantitative estimate of drug-likeness (QED) is 0.595. The van der Waals surface area contributed by atoms with E-state index in [1.807, 2.05) is 13.8 Å². The van der Waals surface area contributed by atoms with Crippen molar-refractivity contribution in [1.29, 1.82) is 0 Å². The maximum atomic E-state index is 13.2. The zero-order valence-corrected chi connectivity index (χ0v) is 11.9. The Hall–Kier alpha value is -1.92. The molecule has 2 aromatic rings. The van der Waals surface area contributed by atoms with Crippen molar-refractivity contribution in [1.82, 2.24) is 9.97 Å². The first-order valence-corrected chi connectivity index (χ1v) is 6.45. The molecule has 106 valence electrons. The number of hydrazine groups is 1. The average molecular weight is 296 g/mol. The normalized spacial score (nSPS) is 10.7. The molecule has 5 nitrogen and oxygen atoms in total. The van der Waals surface area contributed by atoms with Crippen molar-refractivity contribution in [2.24, 2.45) is 5.84 Å². The molecule has 0 unspecified atom stereocenters. The third-order valence-electron chi connectivity index (χ3n) is 2.60. The molecule has 0 aliphatic rings. The van der Waals surface area contributed by atoms with Crippen LogP contribution in [0.1, 0.15) is 25.6 Å². The van der Waals surface area contributed by atoms with Gasteiger partial charge in [0.15, 0.2) is 0 Å². The van der Waals surface area contributed by atoms with Gasteiger partial charge in [-0.3, -0.25) is 0 Å². The van der Waals surface area contributed by atoms with Gasteiger partial charge in [0.2, 0.25) is 0 Å². The first-order valence-electron chi connectivity index (χ1n) is 6.07. The van der Waals surface area contributed by atoms with Crippen molar-refractivity contribution in [2.45, 2.75) is 19.8 Å². The van der Waals surface area contributed by atoms with Gasteiger partial charge in [0.25, 0.3) is 0 Å². The highest BCUT2D eigenvalue weighted by Crippen LogP contribution is 2.26. The number of aromatic nitrogens is 2. The van der Waals surface area contributed by atoms with Crippen LogP contribution >= 0.6 is 11.6 Å². The van der Waals surface area contributed by atoms with Gasteiger partial charge in [-0.25, -0.2) is 20.2 Å². The lowest BCUT2D eigenvalue weighted by molar-refractivity contribution is 0.628. The molecule has 0 aliphatic carbocycles. The molecule has 7 heteroatoms. The lowest BCUT2D eigenvalue weighted by Crippen LogP contribution is -2.12. The summed E-state index contributed by atoms with van der Waals surface area (Å²) in [5, 5.41) is 3.37. The van der Waals surface area contributed by atoms with Gasteiger partial charge in [-0.1, -0.05) is 25.4 Å². The highest BCUT2D eigenvalue weighted by Gasteiger charge is 2.09. The molecule has 0 bridgehead atoms. The van der Waals surface area contributed by atoms with Crippen molar-refractivity contribution in [3.8, 4) is 0 Å². The number of nitrogens with zero attached hydrogens (tertiary/aromatic N) is 2. The number of benzene rings is 1. The summed E-state index contributed by atoms with van der Waals surface area (Å²) in [6.07, 6.45) is 0. The van der Waals surface area contributed by atoms with Crippen molar-refractivity contribution in [2.75, 3.05) is 10.7 Å². The van der Waals surface area contributed by atoms with Gasteiger partial charge in [0.05, 0.1) is 10.7 Å². The number of hydrogen-bond acceptors (Lipinski definition) is 5. The maximum absolute atomic E-state index is 13.2. The highest BCUT2D eigenvalue weighted by molar-refractivity contribution is 6.33. The average Bonchev–Trinajstić information content (AvgIpc) is 2.42. The fourth-order valence-corrected chi connectivity index (χ4v) is 1.76. The molecule has 0 radical (unpaired) electrons. The standard InChI is InChI=1S/C13H15ClFN5/c1-7(2)13-18-11(6-12(19-13)20-16)17-10-5-8(15)3-4-9(10)14/h3-7H,16H2,1-2H3,(H2,17,18,19,20). The van der Waals surface area contributed by atoms with Crippen molar-refractivity contribution < 1.29 is 4.39 Å². The van der Waals surface area contributed by atoms with E-state index in [-0.39, 0.29) is 11.7 Å². The topological polar surface area (TPSA) is 75.9 Å². The minimum absolute atomic E-state index is 0.131. The highest BCUT2D eigenvalue weighted by atomic mass is 35.5. The molecule has 0 saturated carbocycles. The summed E-state index contributed by atoms with van der Waals surface area (Å²) in [5.41, 5.74) is 2.91. The first-order chi connectivity index (χ1) is 9.49. The molecule has 0 fully saturated rings. The van der Waals surface area contributed by atoms with Gasteiger partial charge >= 0.3 is 0 Å². The van der Waals surface area contributed by atoms with E-state index in [4.69, 9.17) is 17.4 Å². The molecule has 4 N–H and O–H groups in total. The summed E-state index contributed by atoms with van der Waals surface area (Å²) in [6.45, 7) is 3.93. The lowest BCUT2D eigenvalue weighted by atomic mass is 10.2.